The summed E-state index contributed by atoms with van der Waals surface area (Å²) in [4.78, 5) is 49.6. The number of aromatic nitrogens is 1. The van der Waals surface area contributed by atoms with Gasteiger partial charge in [0.15, 0.2) is 0 Å². The first-order chi connectivity index (χ1) is 19.0. The Morgan fingerprint density at radius 3 is 2.67 bits per heavy atom. The predicted octanol–water partition coefficient (Wildman–Crippen LogP) is 3.55. The number of ether oxygens (including phenoxy) is 1. The van der Waals surface area contributed by atoms with Crippen LogP contribution in [0.25, 0.3) is 0 Å². The zero-order valence-electron chi connectivity index (χ0n) is 23.0. The van der Waals surface area contributed by atoms with Crippen LogP contribution in [0.4, 0.5) is 0 Å². The summed E-state index contributed by atoms with van der Waals surface area (Å²) in [5, 5.41) is 0. The van der Waals surface area contributed by atoms with Crippen LogP contribution in [0.15, 0.2) is 48.7 Å². The van der Waals surface area contributed by atoms with Crippen LogP contribution in [0, 0.1) is 17.8 Å². The maximum Gasteiger partial charge on any atom is 0.242 e. The third kappa shape index (κ3) is 7.16. The number of para-hydroxylation sites is 1. The monoisotopic (exact) mass is 532 g/mol. The second-order valence-corrected chi connectivity index (χ2v) is 11.3. The van der Waals surface area contributed by atoms with Crippen LogP contribution in [0.3, 0.4) is 0 Å². The molecule has 39 heavy (non-hydrogen) atoms. The number of benzene rings is 1. The normalized spacial score (nSPS) is 22.0. The van der Waals surface area contributed by atoms with Crippen LogP contribution < -0.4 is 4.74 Å². The van der Waals surface area contributed by atoms with Gasteiger partial charge in [-0.2, -0.15) is 0 Å². The van der Waals surface area contributed by atoms with Crippen molar-refractivity contribution in [1.82, 2.24) is 19.7 Å². The van der Waals surface area contributed by atoms with Crippen molar-refractivity contribution >= 4 is 17.7 Å². The number of fused-ring (bicyclic) bond motifs is 3. The molecule has 8 heteroatoms. The lowest BCUT2D eigenvalue weighted by Gasteiger charge is -2.39. The molecule has 2 aromatic rings. The lowest BCUT2D eigenvalue weighted by molar-refractivity contribution is -0.143. The fraction of sp³-hybridized carbons (Fsp3) is 0.548. The Hall–Kier alpha value is -3.42. The number of hydrogen-bond donors (Lipinski definition) is 0. The Labute approximate surface area is 231 Å². The predicted molar refractivity (Wildman–Crippen MR) is 148 cm³/mol. The van der Waals surface area contributed by atoms with Crippen molar-refractivity contribution in [2.75, 3.05) is 39.8 Å². The van der Waals surface area contributed by atoms with Crippen molar-refractivity contribution in [2.24, 2.45) is 17.8 Å². The number of likely N-dealkylation sites (N-methyl/N-ethyl adjacent to an activating group) is 1. The van der Waals surface area contributed by atoms with Crippen molar-refractivity contribution in [3.8, 4) is 5.75 Å². The molecule has 2 fully saturated rings. The summed E-state index contributed by atoms with van der Waals surface area (Å²) in [6.07, 6.45) is 7.35. The van der Waals surface area contributed by atoms with Crippen molar-refractivity contribution in [2.45, 2.75) is 51.5 Å². The number of carbonyl (C=O) groups excluding carboxylic acids is 3. The Morgan fingerprint density at radius 2 is 1.87 bits per heavy atom. The number of piperidine rings is 1. The number of hydrogen-bond acceptors (Lipinski definition) is 5. The van der Waals surface area contributed by atoms with Gasteiger partial charge in [0.2, 0.25) is 17.7 Å². The smallest absolute Gasteiger partial charge is 0.242 e. The van der Waals surface area contributed by atoms with Gasteiger partial charge in [0.25, 0.3) is 0 Å². The minimum absolute atomic E-state index is 0.00361. The van der Waals surface area contributed by atoms with E-state index in [4.69, 9.17) is 4.74 Å². The zero-order chi connectivity index (χ0) is 27.2. The Balaban J connectivity index is 1.25. The van der Waals surface area contributed by atoms with Gasteiger partial charge in [0.05, 0.1) is 6.61 Å². The molecule has 3 heterocycles. The van der Waals surface area contributed by atoms with Gasteiger partial charge in [-0.1, -0.05) is 24.3 Å². The number of nitrogens with zero attached hydrogens (tertiary/aromatic N) is 4. The maximum absolute atomic E-state index is 13.5. The van der Waals surface area contributed by atoms with Crippen molar-refractivity contribution in [3.05, 3.63) is 59.9 Å². The zero-order valence-corrected chi connectivity index (χ0v) is 23.0. The van der Waals surface area contributed by atoms with Crippen LogP contribution in [-0.2, 0) is 27.3 Å². The van der Waals surface area contributed by atoms with E-state index < -0.39 is 0 Å². The SMILES string of the molecule is CN(CCc1ccccn1)C(=O)C[C@@H]1CCN2C[C@@H]1CCCOc1ccccc1CN(C(=O)C1CC1)CC2=O. The lowest BCUT2D eigenvalue weighted by atomic mass is 9.80. The Morgan fingerprint density at radius 1 is 1.05 bits per heavy atom. The molecule has 1 aliphatic carbocycles. The van der Waals surface area contributed by atoms with Crippen molar-refractivity contribution in [1.29, 1.82) is 0 Å². The summed E-state index contributed by atoms with van der Waals surface area (Å²) in [6, 6.07) is 13.7. The molecule has 2 aliphatic heterocycles. The molecule has 2 atom stereocenters. The molecule has 3 amide bonds. The van der Waals surface area contributed by atoms with Gasteiger partial charge >= 0.3 is 0 Å². The van der Waals surface area contributed by atoms with E-state index in [0.717, 1.165) is 55.5 Å². The van der Waals surface area contributed by atoms with Gasteiger partial charge in [-0.25, -0.2) is 0 Å². The molecule has 1 saturated carbocycles. The van der Waals surface area contributed by atoms with Crippen LogP contribution >= 0.6 is 0 Å². The second kappa shape index (κ2) is 12.6. The van der Waals surface area contributed by atoms with E-state index >= 15 is 0 Å². The Bertz CT molecular complexity index is 1150. The van der Waals surface area contributed by atoms with Gasteiger partial charge in [0.1, 0.15) is 12.3 Å². The molecule has 208 valence electrons. The molecular formula is C31H40N4O4. The standard InChI is InChI=1S/C31H40N4O4/c1-33(16-14-27-9-4-5-15-32-27)29(36)19-24-13-17-34-20-25(24)8-6-18-39-28-10-3-2-7-26(28)21-35(22-30(34)37)31(38)23-11-12-23/h2-5,7,9-10,15,23-25H,6,8,11-14,16-22H2,1H3/t24-,25-/m0/s1. The largest absolute Gasteiger partial charge is 0.493 e. The second-order valence-electron chi connectivity index (χ2n) is 11.3. The maximum atomic E-state index is 13.5. The average molecular weight is 533 g/mol. The molecule has 3 aliphatic rings. The fourth-order valence-corrected chi connectivity index (χ4v) is 5.81. The quantitative estimate of drug-likeness (QED) is 0.568. The van der Waals surface area contributed by atoms with Crippen LogP contribution in [0.5, 0.6) is 5.75 Å². The van der Waals surface area contributed by atoms with Crippen molar-refractivity contribution in [3.63, 3.8) is 0 Å². The van der Waals surface area contributed by atoms with E-state index in [9.17, 15) is 14.4 Å². The topological polar surface area (TPSA) is 83.1 Å². The van der Waals surface area contributed by atoms with E-state index in [0.29, 0.717) is 39.2 Å². The minimum Gasteiger partial charge on any atom is -0.493 e. The third-order valence-electron chi connectivity index (χ3n) is 8.41. The first-order valence-electron chi connectivity index (χ1n) is 14.4. The summed E-state index contributed by atoms with van der Waals surface area (Å²) < 4.78 is 6.18. The Kier molecular flexibility index (Phi) is 8.79. The summed E-state index contributed by atoms with van der Waals surface area (Å²) in [5.41, 5.74) is 1.92. The molecule has 0 radical (unpaired) electrons. The first kappa shape index (κ1) is 27.2. The lowest BCUT2D eigenvalue weighted by Crippen LogP contribution is -2.49. The molecule has 0 spiro atoms. The highest BCUT2D eigenvalue weighted by molar-refractivity contribution is 5.87. The molecule has 1 aromatic heterocycles. The van der Waals surface area contributed by atoms with Gasteiger partial charge in [-0.15, -0.1) is 0 Å². The van der Waals surface area contributed by atoms with Gasteiger partial charge < -0.3 is 19.4 Å². The summed E-state index contributed by atoms with van der Waals surface area (Å²) in [7, 11) is 1.87. The summed E-state index contributed by atoms with van der Waals surface area (Å²) in [5.74, 6) is 1.49. The van der Waals surface area contributed by atoms with E-state index in [1.165, 1.54) is 0 Å². The highest BCUT2D eigenvalue weighted by Gasteiger charge is 2.37. The number of rotatable bonds is 6. The molecule has 1 aromatic carbocycles. The van der Waals surface area contributed by atoms with Crippen LogP contribution in [0.1, 0.15) is 49.8 Å². The van der Waals surface area contributed by atoms with Crippen LogP contribution in [-0.4, -0.2) is 77.2 Å². The molecule has 0 unspecified atom stereocenters. The minimum atomic E-state index is 0.00361. The highest BCUT2D eigenvalue weighted by atomic mass is 16.5. The fourth-order valence-electron chi connectivity index (χ4n) is 5.81. The van der Waals surface area contributed by atoms with E-state index in [-0.39, 0.29) is 42.0 Å². The van der Waals surface area contributed by atoms with E-state index in [1.54, 1.807) is 11.1 Å². The molecule has 0 N–H and O–H groups in total. The number of carbonyl (C=O) groups is 3. The first-order valence-corrected chi connectivity index (χ1v) is 14.4. The van der Waals surface area contributed by atoms with Gasteiger partial charge in [0, 0.05) is 69.4 Å². The van der Waals surface area contributed by atoms with E-state index in [1.807, 2.05) is 59.3 Å². The number of pyridine rings is 1. The average Bonchev–Trinajstić information content (AvgIpc) is 3.80. The molecular weight excluding hydrogens is 492 g/mol. The third-order valence-corrected chi connectivity index (χ3v) is 8.41. The molecule has 5 rings (SSSR count). The van der Waals surface area contributed by atoms with Gasteiger partial charge in [-0.3, -0.25) is 19.4 Å². The summed E-state index contributed by atoms with van der Waals surface area (Å²) in [6.45, 7) is 2.95. The highest BCUT2D eigenvalue weighted by Crippen LogP contribution is 2.34. The van der Waals surface area contributed by atoms with Gasteiger partial charge in [-0.05, 0) is 62.1 Å². The molecule has 1 saturated heterocycles. The number of amides is 3. The van der Waals surface area contributed by atoms with E-state index in [2.05, 4.69) is 4.98 Å². The summed E-state index contributed by atoms with van der Waals surface area (Å²) >= 11 is 0. The van der Waals surface area contributed by atoms with Crippen LogP contribution in [0.2, 0.25) is 0 Å². The van der Waals surface area contributed by atoms with Crippen molar-refractivity contribution < 1.29 is 19.1 Å². The molecule has 2 bridgehead atoms. The molecule has 8 nitrogen and oxygen atoms in total.